The van der Waals surface area contributed by atoms with Gasteiger partial charge in [-0.05, 0) is 67.8 Å². The first-order chi connectivity index (χ1) is 16.4. The molecule has 0 fully saturated rings. The minimum absolute atomic E-state index is 0.103. The summed E-state index contributed by atoms with van der Waals surface area (Å²) in [6.07, 6.45) is 3.07. The largest absolute Gasteiger partial charge is 0.482 e. The summed E-state index contributed by atoms with van der Waals surface area (Å²) in [5, 5.41) is 10.2. The summed E-state index contributed by atoms with van der Waals surface area (Å²) in [6.45, 7) is 2.35. The molecule has 0 aromatic heterocycles. The predicted octanol–water partition coefficient (Wildman–Crippen LogP) is 6.53. The van der Waals surface area contributed by atoms with E-state index < -0.39 is 23.3 Å². The van der Waals surface area contributed by atoms with Gasteiger partial charge in [-0.3, -0.25) is 0 Å². The zero-order valence-electron chi connectivity index (χ0n) is 19.1. The molecule has 3 nitrogen and oxygen atoms in total. The van der Waals surface area contributed by atoms with Crippen LogP contribution in [-0.2, 0) is 18.4 Å². The number of benzene rings is 3. The highest BCUT2D eigenvalue weighted by Gasteiger charge is 2.43. The molecule has 1 aliphatic carbocycles. The second-order valence-electron chi connectivity index (χ2n) is 9.41. The molecule has 1 heterocycles. The topological polar surface area (TPSA) is 55.5 Å². The number of aliphatic hydroxyl groups excluding tert-OH is 1. The third kappa shape index (κ3) is 3.71. The third-order valence-corrected chi connectivity index (χ3v) is 7.63. The Bertz CT molecular complexity index is 1250. The Labute approximate surface area is 203 Å². The maximum Gasteiger partial charge on any atom is 0.146 e. The highest BCUT2D eigenvalue weighted by molar-refractivity contribution is 6.34. The maximum absolute atomic E-state index is 15.9. The van der Waals surface area contributed by atoms with Gasteiger partial charge in [-0.1, -0.05) is 48.0 Å². The van der Waals surface area contributed by atoms with E-state index in [9.17, 15) is 5.11 Å². The number of fused-ring (bicyclic) bond motifs is 2. The fraction of sp³-hybridized carbons (Fsp3) is 0.357. The lowest BCUT2D eigenvalue weighted by molar-refractivity contribution is 0.0793. The molecule has 1 aliphatic heterocycles. The molecule has 2 aliphatic rings. The average Bonchev–Trinajstić information content (AvgIpc) is 3.38. The molecule has 2 atom stereocenters. The van der Waals surface area contributed by atoms with Crippen molar-refractivity contribution in [3.05, 3.63) is 86.9 Å². The molecule has 6 heteroatoms. The summed E-state index contributed by atoms with van der Waals surface area (Å²) in [5.74, 6) is -0.671. The Hall–Kier alpha value is -2.47. The highest BCUT2D eigenvalue weighted by atomic mass is 35.5. The lowest BCUT2D eigenvalue weighted by Gasteiger charge is -2.29. The van der Waals surface area contributed by atoms with Gasteiger partial charge in [-0.15, -0.1) is 0 Å². The first-order valence-corrected chi connectivity index (χ1v) is 12.2. The van der Waals surface area contributed by atoms with E-state index in [1.165, 1.54) is 6.07 Å². The summed E-state index contributed by atoms with van der Waals surface area (Å²) in [6, 6.07) is 13.0. The smallest absolute Gasteiger partial charge is 0.146 e. The van der Waals surface area contributed by atoms with Crippen LogP contribution in [0.15, 0.2) is 42.5 Å². The van der Waals surface area contributed by atoms with Gasteiger partial charge in [0.25, 0.3) is 0 Å². The van der Waals surface area contributed by atoms with Gasteiger partial charge < -0.3 is 15.6 Å². The van der Waals surface area contributed by atoms with Crippen molar-refractivity contribution in [1.82, 2.24) is 0 Å². The number of unbranched alkanes of at least 4 members (excludes halogenated alkanes) is 1. The molecule has 0 radical (unpaired) electrons. The van der Waals surface area contributed by atoms with Crippen LogP contribution < -0.4 is 10.5 Å². The van der Waals surface area contributed by atoms with E-state index in [2.05, 4.69) is 0 Å². The van der Waals surface area contributed by atoms with Gasteiger partial charge in [-0.25, -0.2) is 8.78 Å². The molecule has 0 saturated heterocycles. The molecule has 0 bridgehead atoms. The zero-order chi connectivity index (χ0) is 24.0. The molecule has 0 amide bonds. The lowest BCUT2D eigenvalue weighted by atomic mass is 9.82. The molecule has 178 valence electrons. The van der Waals surface area contributed by atoms with Gasteiger partial charge in [0.2, 0.25) is 0 Å². The van der Waals surface area contributed by atoms with Crippen LogP contribution in [0.1, 0.15) is 59.6 Å². The van der Waals surface area contributed by atoms with E-state index in [4.69, 9.17) is 22.1 Å². The monoisotopic (exact) mass is 483 g/mol. The van der Waals surface area contributed by atoms with E-state index in [1.807, 2.05) is 30.3 Å². The molecule has 3 aromatic carbocycles. The number of halogens is 3. The SMILES string of the molecule is Cc1cc2c(c(F)c1-c1c(Cl)c(F)cc3c1CC(CCCCN)(c1ccccc1)O3)CCC2O. The van der Waals surface area contributed by atoms with Crippen molar-refractivity contribution in [3.63, 3.8) is 0 Å². The Morgan fingerprint density at radius 2 is 1.88 bits per heavy atom. The normalized spacial score (nSPS) is 20.8. The number of rotatable bonds is 6. The predicted molar refractivity (Wildman–Crippen MR) is 130 cm³/mol. The minimum atomic E-state index is -0.706. The van der Waals surface area contributed by atoms with Gasteiger partial charge in [0, 0.05) is 29.2 Å². The van der Waals surface area contributed by atoms with Gasteiger partial charge in [0.15, 0.2) is 0 Å². The van der Waals surface area contributed by atoms with Gasteiger partial charge in [-0.2, -0.15) is 0 Å². The zero-order valence-corrected chi connectivity index (χ0v) is 19.9. The van der Waals surface area contributed by atoms with Crippen LogP contribution in [0.2, 0.25) is 5.02 Å². The Balaban J connectivity index is 1.68. The average molecular weight is 484 g/mol. The Morgan fingerprint density at radius 1 is 1.12 bits per heavy atom. The standard InChI is InChI=1S/C28H28ClF2NO2/c1-16-13-19-18(9-10-22(19)33)27(31)24(16)25-20-15-28(11-5-6-12-32,17-7-3-2-4-8-17)34-23(20)14-21(30)26(25)29/h2-4,7-8,13-14,22,33H,5-6,9-12,15,32H2,1H3. The molecule has 5 rings (SSSR count). The second kappa shape index (κ2) is 8.95. The van der Waals surface area contributed by atoms with E-state index in [0.29, 0.717) is 71.4 Å². The van der Waals surface area contributed by atoms with Crippen molar-refractivity contribution >= 4 is 11.6 Å². The molecular weight excluding hydrogens is 456 g/mol. The van der Waals surface area contributed by atoms with Crippen molar-refractivity contribution < 1.29 is 18.6 Å². The van der Waals surface area contributed by atoms with Gasteiger partial charge >= 0.3 is 0 Å². The van der Waals surface area contributed by atoms with E-state index in [0.717, 1.165) is 18.4 Å². The number of aliphatic hydroxyl groups is 1. The first-order valence-electron chi connectivity index (χ1n) is 11.8. The Morgan fingerprint density at radius 3 is 2.62 bits per heavy atom. The molecule has 3 aromatic rings. The summed E-state index contributed by atoms with van der Waals surface area (Å²) >= 11 is 6.54. The van der Waals surface area contributed by atoms with Crippen molar-refractivity contribution in [3.8, 4) is 16.9 Å². The van der Waals surface area contributed by atoms with Crippen molar-refractivity contribution in [2.24, 2.45) is 5.73 Å². The molecular formula is C28H28ClF2NO2. The number of hydrogen-bond acceptors (Lipinski definition) is 3. The maximum atomic E-state index is 15.9. The number of nitrogens with two attached hydrogens (primary N) is 1. The summed E-state index contributed by atoms with van der Waals surface area (Å²) in [5.41, 5.74) is 9.09. The minimum Gasteiger partial charge on any atom is -0.482 e. The van der Waals surface area contributed by atoms with Crippen molar-refractivity contribution in [2.45, 2.75) is 57.2 Å². The first kappa shape index (κ1) is 23.3. The number of hydrogen-bond donors (Lipinski definition) is 2. The fourth-order valence-electron chi connectivity index (χ4n) is 5.58. The molecule has 3 N–H and O–H groups in total. The number of aryl methyl sites for hydroxylation is 1. The van der Waals surface area contributed by atoms with Crippen LogP contribution in [0.25, 0.3) is 11.1 Å². The summed E-state index contributed by atoms with van der Waals surface area (Å²) < 4.78 is 37.5. The van der Waals surface area contributed by atoms with E-state index >= 15 is 8.78 Å². The van der Waals surface area contributed by atoms with Crippen LogP contribution in [0.5, 0.6) is 5.75 Å². The Kier molecular flexibility index (Phi) is 6.13. The van der Waals surface area contributed by atoms with E-state index in [-0.39, 0.29) is 5.02 Å². The van der Waals surface area contributed by atoms with Crippen LogP contribution in [0, 0.1) is 18.6 Å². The molecule has 34 heavy (non-hydrogen) atoms. The molecule has 2 unspecified atom stereocenters. The third-order valence-electron chi connectivity index (χ3n) is 7.26. The molecule has 0 spiro atoms. The molecule has 0 saturated carbocycles. The van der Waals surface area contributed by atoms with Crippen molar-refractivity contribution in [1.29, 1.82) is 0 Å². The van der Waals surface area contributed by atoms with Crippen LogP contribution in [-0.4, -0.2) is 11.7 Å². The van der Waals surface area contributed by atoms with E-state index in [1.54, 1.807) is 13.0 Å². The van der Waals surface area contributed by atoms with Crippen LogP contribution in [0.3, 0.4) is 0 Å². The summed E-state index contributed by atoms with van der Waals surface area (Å²) in [4.78, 5) is 0. The van der Waals surface area contributed by atoms with Crippen molar-refractivity contribution in [2.75, 3.05) is 6.54 Å². The van der Waals surface area contributed by atoms with Crippen LogP contribution in [0.4, 0.5) is 8.78 Å². The second-order valence-corrected chi connectivity index (χ2v) is 9.79. The highest BCUT2D eigenvalue weighted by Crippen LogP contribution is 2.52. The fourth-order valence-corrected chi connectivity index (χ4v) is 5.84. The summed E-state index contributed by atoms with van der Waals surface area (Å²) in [7, 11) is 0. The van der Waals surface area contributed by atoms with Crippen LogP contribution >= 0.6 is 11.6 Å². The quantitative estimate of drug-likeness (QED) is 0.392. The van der Waals surface area contributed by atoms with Gasteiger partial charge in [0.05, 0.1) is 11.1 Å². The van der Waals surface area contributed by atoms with Gasteiger partial charge in [0.1, 0.15) is 23.0 Å². The lowest BCUT2D eigenvalue weighted by Crippen LogP contribution is -2.31. The number of ether oxygens (including phenoxy) is 1.